The smallest absolute Gasteiger partial charge is 0.270 e. The van der Waals surface area contributed by atoms with Crippen LogP contribution in [-0.2, 0) is 7.05 Å². The van der Waals surface area contributed by atoms with Crippen molar-refractivity contribution in [2.24, 2.45) is 12.8 Å². The monoisotopic (exact) mass is 224 g/mol. The number of amides is 1. The summed E-state index contributed by atoms with van der Waals surface area (Å²) in [5.41, 5.74) is 6.74. The van der Waals surface area contributed by atoms with Crippen LogP contribution in [0.15, 0.2) is 6.07 Å². The second-order valence-electron chi connectivity index (χ2n) is 4.76. The largest absolute Gasteiger partial charge is 0.344 e. The van der Waals surface area contributed by atoms with Crippen LogP contribution in [0.3, 0.4) is 0 Å². The highest BCUT2D eigenvalue weighted by Gasteiger charge is 2.26. The van der Waals surface area contributed by atoms with Crippen molar-refractivity contribution in [3.63, 3.8) is 0 Å². The Bertz CT molecular complexity index is 393. The number of nitrogens with one attached hydrogen (secondary N) is 1. The van der Waals surface area contributed by atoms with Gasteiger partial charge in [0.05, 0.1) is 5.69 Å². The Hall–Kier alpha value is -1.36. The van der Waals surface area contributed by atoms with Gasteiger partial charge in [-0.1, -0.05) is 0 Å². The molecule has 0 bridgehead atoms. The average molecular weight is 224 g/mol. The van der Waals surface area contributed by atoms with Crippen molar-refractivity contribution < 1.29 is 4.79 Å². The molecule has 5 nitrogen and oxygen atoms in total. The van der Waals surface area contributed by atoms with Gasteiger partial charge >= 0.3 is 0 Å². The summed E-state index contributed by atoms with van der Waals surface area (Å²) in [6.07, 6.45) is 0. The highest BCUT2D eigenvalue weighted by molar-refractivity contribution is 5.93. The van der Waals surface area contributed by atoms with E-state index in [0.29, 0.717) is 5.69 Å². The van der Waals surface area contributed by atoms with Gasteiger partial charge in [0.2, 0.25) is 0 Å². The highest BCUT2D eigenvalue weighted by Crippen LogP contribution is 2.09. The Morgan fingerprint density at radius 2 is 2.19 bits per heavy atom. The van der Waals surface area contributed by atoms with E-state index in [2.05, 4.69) is 10.4 Å². The first-order valence-corrected chi connectivity index (χ1v) is 5.33. The van der Waals surface area contributed by atoms with Crippen LogP contribution in [-0.4, -0.2) is 27.3 Å². The predicted octanol–water partition coefficient (Wildman–Crippen LogP) is 0.584. The molecule has 0 fully saturated rings. The molecule has 1 heterocycles. The topological polar surface area (TPSA) is 72.9 Å². The third-order valence-corrected chi connectivity index (χ3v) is 2.81. The van der Waals surface area contributed by atoms with E-state index in [4.69, 9.17) is 5.73 Å². The van der Waals surface area contributed by atoms with Gasteiger partial charge in [-0.2, -0.15) is 5.10 Å². The van der Waals surface area contributed by atoms with Gasteiger partial charge in [0.25, 0.3) is 5.91 Å². The van der Waals surface area contributed by atoms with Crippen molar-refractivity contribution in [2.45, 2.75) is 39.3 Å². The van der Waals surface area contributed by atoms with Crippen LogP contribution in [0.5, 0.6) is 0 Å². The maximum absolute atomic E-state index is 12.0. The van der Waals surface area contributed by atoms with Gasteiger partial charge < -0.3 is 11.1 Å². The second-order valence-corrected chi connectivity index (χ2v) is 4.76. The molecule has 0 saturated heterocycles. The van der Waals surface area contributed by atoms with E-state index in [1.54, 1.807) is 17.8 Å². The SMILES string of the molecule is Cc1cc(C(=O)NC(C)(C)C(C)N)n(C)n1. The van der Waals surface area contributed by atoms with Crippen LogP contribution >= 0.6 is 0 Å². The van der Waals surface area contributed by atoms with Crippen LogP contribution in [0, 0.1) is 6.92 Å². The lowest BCUT2D eigenvalue weighted by molar-refractivity contribution is 0.0893. The number of carbonyl (C=O) groups excluding carboxylic acids is 1. The van der Waals surface area contributed by atoms with Gasteiger partial charge in [-0.15, -0.1) is 0 Å². The van der Waals surface area contributed by atoms with Crippen molar-refractivity contribution in [3.8, 4) is 0 Å². The first kappa shape index (κ1) is 12.7. The zero-order valence-electron chi connectivity index (χ0n) is 10.5. The molecule has 0 radical (unpaired) electrons. The summed E-state index contributed by atoms with van der Waals surface area (Å²) in [5.74, 6) is -0.148. The summed E-state index contributed by atoms with van der Waals surface area (Å²) < 4.78 is 1.57. The minimum absolute atomic E-state index is 0.120. The molecule has 90 valence electrons. The molecule has 16 heavy (non-hydrogen) atoms. The summed E-state index contributed by atoms with van der Waals surface area (Å²) in [7, 11) is 1.75. The van der Waals surface area contributed by atoms with E-state index in [9.17, 15) is 4.79 Å². The molecule has 1 aromatic rings. The van der Waals surface area contributed by atoms with Crippen LogP contribution in [0.1, 0.15) is 37.0 Å². The summed E-state index contributed by atoms with van der Waals surface area (Å²) in [6.45, 7) is 7.53. The number of aryl methyl sites for hydroxylation is 2. The number of rotatable bonds is 3. The third kappa shape index (κ3) is 2.61. The van der Waals surface area contributed by atoms with Crippen molar-refractivity contribution in [3.05, 3.63) is 17.5 Å². The molecule has 1 rings (SSSR count). The van der Waals surface area contributed by atoms with Crippen LogP contribution < -0.4 is 11.1 Å². The molecule has 0 aliphatic carbocycles. The molecule has 3 N–H and O–H groups in total. The first-order chi connectivity index (χ1) is 7.24. The molecule has 0 saturated carbocycles. The Labute approximate surface area is 96.0 Å². The van der Waals surface area contributed by atoms with Crippen LogP contribution in [0.2, 0.25) is 0 Å². The molecule has 0 aliphatic rings. The van der Waals surface area contributed by atoms with Crippen molar-refractivity contribution in [1.82, 2.24) is 15.1 Å². The Morgan fingerprint density at radius 3 is 2.56 bits per heavy atom. The van der Waals surface area contributed by atoms with E-state index in [0.717, 1.165) is 5.69 Å². The number of nitrogens with two attached hydrogens (primary N) is 1. The van der Waals surface area contributed by atoms with Gasteiger partial charge in [-0.05, 0) is 33.8 Å². The minimum atomic E-state index is -0.435. The molecule has 1 unspecified atom stereocenters. The Balaban J connectivity index is 2.85. The van der Waals surface area contributed by atoms with Gasteiger partial charge in [0.15, 0.2) is 0 Å². The molecule has 5 heteroatoms. The minimum Gasteiger partial charge on any atom is -0.344 e. The lowest BCUT2D eigenvalue weighted by Crippen LogP contribution is -2.54. The van der Waals surface area contributed by atoms with Gasteiger partial charge in [0, 0.05) is 18.6 Å². The third-order valence-electron chi connectivity index (χ3n) is 2.81. The molecular formula is C11H20N4O. The summed E-state index contributed by atoms with van der Waals surface area (Å²) in [6, 6.07) is 1.64. The van der Waals surface area contributed by atoms with Crippen molar-refractivity contribution >= 4 is 5.91 Å². The van der Waals surface area contributed by atoms with Crippen molar-refractivity contribution in [1.29, 1.82) is 0 Å². The maximum atomic E-state index is 12.0. The van der Waals surface area contributed by atoms with Gasteiger partial charge in [-0.25, -0.2) is 0 Å². The van der Waals surface area contributed by atoms with E-state index < -0.39 is 5.54 Å². The number of carbonyl (C=O) groups is 1. The van der Waals surface area contributed by atoms with Gasteiger partial charge in [0.1, 0.15) is 5.69 Å². The molecule has 1 aromatic heterocycles. The Kier molecular flexibility index (Phi) is 3.38. The normalized spacial score (nSPS) is 13.6. The number of hydrogen-bond donors (Lipinski definition) is 2. The molecule has 1 amide bonds. The first-order valence-electron chi connectivity index (χ1n) is 5.33. The lowest BCUT2D eigenvalue weighted by atomic mass is 9.97. The highest BCUT2D eigenvalue weighted by atomic mass is 16.2. The predicted molar refractivity (Wildman–Crippen MR) is 63.1 cm³/mol. The van der Waals surface area contributed by atoms with Crippen LogP contribution in [0.4, 0.5) is 0 Å². The number of hydrogen-bond acceptors (Lipinski definition) is 3. The summed E-state index contributed by atoms with van der Waals surface area (Å²) in [5, 5.41) is 7.03. The number of aromatic nitrogens is 2. The fraction of sp³-hybridized carbons (Fsp3) is 0.636. The standard InChI is InChI=1S/C11H20N4O/c1-7-6-9(15(5)14-7)10(16)13-11(3,4)8(2)12/h6,8H,12H2,1-5H3,(H,13,16). The summed E-state index contributed by atoms with van der Waals surface area (Å²) >= 11 is 0. The quantitative estimate of drug-likeness (QED) is 0.789. The molecular weight excluding hydrogens is 204 g/mol. The molecule has 1 atom stereocenters. The number of nitrogens with zero attached hydrogens (tertiary/aromatic N) is 2. The molecule has 0 aliphatic heterocycles. The molecule has 0 aromatic carbocycles. The lowest BCUT2D eigenvalue weighted by Gasteiger charge is -2.30. The van der Waals surface area contributed by atoms with E-state index in [1.807, 2.05) is 27.7 Å². The fourth-order valence-corrected chi connectivity index (χ4v) is 1.29. The zero-order chi connectivity index (χ0) is 12.5. The van der Waals surface area contributed by atoms with E-state index >= 15 is 0 Å². The summed E-state index contributed by atoms with van der Waals surface area (Å²) in [4.78, 5) is 12.0. The Morgan fingerprint density at radius 1 is 1.62 bits per heavy atom. The van der Waals surface area contributed by atoms with E-state index in [1.165, 1.54) is 0 Å². The van der Waals surface area contributed by atoms with Crippen LogP contribution in [0.25, 0.3) is 0 Å². The fourth-order valence-electron chi connectivity index (χ4n) is 1.29. The zero-order valence-corrected chi connectivity index (χ0v) is 10.5. The van der Waals surface area contributed by atoms with Gasteiger partial charge in [-0.3, -0.25) is 9.48 Å². The van der Waals surface area contributed by atoms with Crippen molar-refractivity contribution in [2.75, 3.05) is 0 Å². The molecule has 0 spiro atoms. The van der Waals surface area contributed by atoms with E-state index in [-0.39, 0.29) is 11.9 Å². The maximum Gasteiger partial charge on any atom is 0.270 e. The second kappa shape index (κ2) is 4.25. The average Bonchev–Trinajstić information content (AvgIpc) is 2.44.